The predicted molar refractivity (Wildman–Crippen MR) is 109 cm³/mol. The van der Waals surface area contributed by atoms with Gasteiger partial charge in [-0.1, -0.05) is 6.92 Å². The molecule has 1 unspecified atom stereocenters. The molecule has 1 aliphatic carbocycles. The number of rotatable bonds is 6. The van der Waals surface area contributed by atoms with Crippen molar-refractivity contribution in [2.45, 2.75) is 65.0 Å². The van der Waals surface area contributed by atoms with E-state index in [1.54, 1.807) is 0 Å². The number of halogens is 1. The van der Waals surface area contributed by atoms with E-state index in [4.69, 9.17) is 4.74 Å². The summed E-state index contributed by atoms with van der Waals surface area (Å²) >= 11 is 4.33. The van der Waals surface area contributed by atoms with E-state index < -0.39 is 5.60 Å². The van der Waals surface area contributed by atoms with Crippen LogP contribution < -0.4 is 5.32 Å². The highest BCUT2D eigenvalue weighted by molar-refractivity contribution is 14.1. The Morgan fingerprint density at radius 3 is 2.88 bits per heavy atom. The molecule has 0 bridgehead atoms. The number of hydrogen-bond donors (Lipinski definition) is 1. The Bertz CT molecular complexity index is 554. The Balaban J connectivity index is 1.88. The number of thiophene rings is 1. The summed E-state index contributed by atoms with van der Waals surface area (Å²) in [6.45, 7) is 10.1. The molecule has 0 aliphatic heterocycles. The lowest BCUT2D eigenvalue weighted by Gasteiger charge is -2.29. The van der Waals surface area contributed by atoms with E-state index in [0.29, 0.717) is 12.6 Å². The van der Waals surface area contributed by atoms with Crippen LogP contribution >= 0.6 is 33.9 Å². The monoisotopic (exact) mass is 464 g/mol. The number of carbonyl (C=O) groups excluding carboxylic acids is 1. The van der Waals surface area contributed by atoms with Gasteiger partial charge in [0.05, 0.1) is 2.88 Å². The molecule has 0 aromatic carbocycles. The van der Waals surface area contributed by atoms with E-state index in [1.807, 2.05) is 37.0 Å². The zero-order chi connectivity index (χ0) is 17.7. The van der Waals surface area contributed by atoms with Gasteiger partial charge in [-0.2, -0.15) is 0 Å². The summed E-state index contributed by atoms with van der Waals surface area (Å²) in [7, 11) is 0. The van der Waals surface area contributed by atoms with E-state index in [2.05, 4.69) is 40.9 Å². The minimum atomic E-state index is -0.442. The summed E-state index contributed by atoms with van der Waals surface area (Å²) in [6, 6.07) is 2.74. The SMILES string of the molecule is CCCN(CCNC1CCCc2sc(I)cc21)C(=O)OC(C)(C)C. The summed E-state index contributed by atoms with van der Waals surface area (Å²) in [4.78, 5) is 15.7. The van der Waals surface area contributed by atoms with Crippen molar-refractivity contribution in [3.63, 3.8) is 0 Å². The Kier molecular flexibility index (Phi) is 7.37. The van der Waals surface area contributed by atoms with E-state index in [9.17, 15) is 4.79 Å². The molecule has 6 heteroatoms. The number of nitrogens with one attached hydrogen (secondary N) is 1. The summed E-state index contributed by atoms with van der Waals surface area (Å²) in [6.07, 6.45) is 4.36. The molecule has 136 valence electrons. The van der Waals surface area contributed by atoms with E-state index in [1.165, 1.54) is 32.6 Å². The highest BCUT2D eigenvalue weighted by atomic mass is 127. The van der Waals surface area contributed by atoms with Crippen LogP contribution in [0.3, 0.4) is 0 Å². The summed E-state index contributed by atoms with van der Waals surface area (Å²) in [5.74, 6) is 0. The van der Waals surface area contributed by atoms with Crippen LogP contribution in [-0.4, -0.2) is 36.2 Å². The van der Waals surface area contributed by atoms with Gasteiger partial charge in [-0.15, -0.1) is 11.3 Å². The van der Waals surface area contributed by atoms with Gasteiger partial charge in [-0.3, -0.25) is 0 Å². The zero-order valence-electron chi connectivity index (χ0n) is 15.2. The summed E-state index contributed by atoms with van der Waals surface area (Å²) in [5.41, 5.74) is 1.03. The third kappa shape index (κ3) is 5.88. The standard InChI is InChI=1S/C18H29IN2O2S/c1-5-10-21(17(22)23-18(2,3)4)11-9-20-14-7-6-8-15-13(14)12-16(19)24-15/h12,14,20H,5-11H2,1-4H3. The molecule has 0 radical (unpaired) electrons. The summed E-state index contributed by atoms with van der Waals surface area (Å²) in [5, 5.41) is 3.65. The average molecular weight is 464 g/mol. The van der Waals surface area contributed by atoms with Crippen molar-refractivity contribution in [2.75, 3.05) is 19.6 Å². The number of hydrogen-bond acceptors (Lipinski definition) is 4. The van der Waals surface area contributed by atoms with Crippen molar-refractivity contribution < 1.29 is 9.53 Å². The van der Waals surface area contributed by atoms with Crippen LogP contribution in [-0.2, 0) is 11.2 Å². The third-order valence-corrected chi connectivity index (χ3v) is 5.97. The topological polar surface area (TPSA) is 41.6 Å². The van der Waals surface area contributed by atoms with Gasteiger partial charge in [0.1, 0.15) is 5.60 Å². The van der Waals surface area contributed by atoms with Gasteiger partial charge in [-0.05, 0) is 80.7 Å². The van der Waals surface area contributed by atoms with Gasteiger partial charge in [0.25, 0.3) is 0 Å². The zero-order valence-corrected chi connectivity index (χ0v) is 18.1. The highest BCUT2D eigenvalue weighted by Crippen LogP contribution is 2.36. The number of aryl methyl sites for hydroxylation is 1. The molecule has 1 atom stereocenters. The molecule has 0 saturated heterocycles. The quantitative estimate of drug-likeness (QED) is 0.605. The molecule has 1 aromatic heterocycles. The molecule has 0 saturated carbocycles. The molecule has 1 heterocycles. The summed E-state index contributed by atoms with van der Waals surface area (Å²) < 4.78 is 6.88. The van der Waals surface area contributed by atoms with E-state index in [-0.39, 0.29) is 6.09 Å². The Morgan fingerprint density at radius 1 is 1.46 bits per heavy atom. The van der Waals surface area contributed by atoms with Gasteiger partial charge in [-0.25, -0.2) is 4.79 Å². The van der Waals surface area contributed by atoms with Crippen molar-refractivity contribution in [3.05, 3.63) is 19.4 Å². The lowest BCUT2D eigenvalue weighted by Crippen LogP contribution is -2.41. The number of carbonyl (C=O) groups is 1. The largest absolute Gasteiger partial charge is 0.444 e. The first kappa shape index (κ1) is 20.0. The molecule has 4 nitrogen and oxygen atoms in total. The van der Waals surface area contributed by atoms with Crippen molar-refractivity contribution in [1.82, 2.24) is 10.2 Å². The van der Waals surface area contributed by atoms with Crippen molar-refractivity contribution in [1.29, 1.82) is 0 Å². The molecular formula is C18H29IN2O2S. The molecular weight excluding hydrogens is 435 g/mol. The molecule has 2 rings (SSSR count). The first-order valence-corrected chi connectivity index (χ1v) is 10.7. The maximum atomic E-state index is 12.3. The lowest BCUT2D eigenvalue weighted by atomic mass is 9.94. The maximum Gasteiger partial charge on any atom is 0.410 e. The minimum Gasteiger partial charge on any atom is -0.444 e. The third-order valence-electron chi connectivity index (χ3n) is 4.00. The Morgan fingerprint density at radius 2 is 2.21 bits per heavy atom. The lowest BCUT2D eigenvalue weighted by molar-refractivity contribution is 0.0250. The fourth-order valence-electron chi connectivity index (χ4n) is 3.00. The molecule has 0 spiro atoms. The fraction of sp³-hybridized carbons (Fsp3) is 0.722. The highest BCUT2D eigenvalue weighted by Gasteiger charge is 2.24. The van der Waals surface area contributed by atoms with Gasteiger partial charge in [0.2, 0.25) is 0 Å². The molecule has 0 fully saturated rings. The van der Waals surface area contributed by atoms with Gasteiger partial charge >= 0.3 is 6.09 Å². The van der Waals surface area contributed by atoms with E-state index >= 15 is 0 Å². The predicted octanol–water partition coefficient (Wildman–Crippen LogP) is 4.97. The second kappa shape index (κ2) is 8.85. The van der Waals surface area contributed by atoms with Crippen LogP contribution in [0, 0.1) is 2.88 Å². The molecule has 1 N–H and O–H groups in total. The van der Waals surface area contributed by atoms with Gasteiger partial charge in [0.15, 0.2) is 0 Å². The van der Waals surface area contributed by atoms with Crippen LogP contribution in [0.5, 0.6) is 0 Å². The molecule has 24 heavy (non-hydrogen) atoms. The van der Waals surface area contributed by atoms with Crippen LogP contribution in [0.1, 0.15) is 63.4 Å². The number of ether oxygens (including phenoxy) is 1. The maximum absolute atomic E-state index is 12.3. The van der Waals surface area contributed by atoms with Gasteiger partial charge < -0.3 is 15.0 Å². The van der Waals surface area contributed by atoms with Crippen LogP contribution in [0.25, 0.3) is 0 Å². The second-order valence-corrected chi connectivity index (χ2v) is 10.3. The number of nitrogens with zero attached hydrogens (tertiary/aromatic N) is 1. The van der Waals surface area contributed by atoms with Crippen LogP contribution in [0.15, 0.2) is 6.07 Å². The average Bonchev–Trinajstić information content (AvgIpc) is 2.85. The smallest absolute Gasteiger partial charge is 0.410 e. The minimum absolute atomic E-state index is 0.208. The van der Waals surface area contributed by atoms with Crippen molar-refractivity contribution in [3.8, 4) is 0 Å². The fourth-order valence-corrected chi connectivity index (χ4v) is 5.12. The molecule has 1 amide bonds. The van der Waals surface area contributed by atoms with E-state index in [0.717, 1.165) is 19.5 Å². The Hall–Kier alpha value is -0.340. The van der Waals surface area contributed by atoms with Gasteiger partial charge in [0, 0.05) is 30.6 Å². The normalized spacial score (nSPS) is 17.5. The number of amides is 1. The Labute approximate surface area is 163 Å². The molecule has 1 aromatic rings. The second-order valence-electron chi connectivity index (χ2n) is 7.30. The first-order valence-electron chi connectivity index (χ1n) is 8.79. The van der Waals surface area contributed by atoms with Crippen LogP contribution in [0.2, 0.25) is 0 Å². The molecule has 1 aliphatic rings. The first-order chi connectivity index (χ1) is 11.3. The van der Waals surface area contributed by atoms with Crippen molar-refractivity contribution >= 4 is 40.0 Å². The van der Waals surface area contributed by atoms with Crippen molar-refractivity contribution in [2.24, 2.45) is 0 Å². The van der Waals surface area contributed by atoms with Crippen LogP contribution in [0.4, 0.5) is 4.79 Å². The number of fused-ring (bicyclic) bond motifs is 1.